The van der Waals surface area contributed by atoms with Gasteiger partial charge in [-0.25, -0.2) is 0 Å². The largest absolute Gasteiger partial charge is 2.00 e. The van der Waals surface area contributed by atoms with Crippen molar-refractivity contribution in [2.45, 2.75) is 51.4 Å². The number of rotatable bonds is 2. The van der Waals surface area contributed by atoms with Crippen LogP contribution in [0.3, 0.4) is 0 Å². The van der Waals surface area contributed by atoms with Gasteiger partial charge in [-0.3, -0.25) is 0 Å². The van der Waals surface area contributed by atoms with Gasteiger partial charge in [0.2, 0.25) is 0 Å². The normalized spacial score (nSPS) is 23.5. The molecule has 1 nitrogen and oxygen atoms in total. The van der Waals surface area contributed by atoms with Gasteiger partial charge in [-0.1, -0.05) is 42.9 Å². The molecule has 0 amide bonds. The summed E-state index contributed by atoms with van der Waals surface area (Å²) in [6, 6.07) is 10.1. The third-order valence-corrected chi connectivity index (χ3v) is 4.42. The molecule has 0 unspecified atom stereocenters. The predicted octanol–water partition coefficient (Wildman–Crippen LogP) is 5.10. The minimum atomic E-state index is -1.62. The Morgan fingerprint density at radius 2 is 1.77 bits per heavy atom. The second-order valence-corrected chi connectivity index (χ2v) is 10.7. The fourth-order valence-corrected chi connectivity index (χ4v) is 4.03. The van der Waals surface area contributed by atoms with Crippen LogP contribution in [0.15, 0.2) is 30.3 Å². The van der Waals surface area contributed by atoms with Crippen molar-refractivity contribution < 1.29 is 23.9 Å². The third-order valence-electron chi connectivity index (χ3n) is 3.44. The van der Waals surface area contributed by atoms with Gasteiger partial charge in [0.15, 0.2) is 8.32 Å². The molecule has 2 atom stereocenters. The summed E-state index contributed by atoms with van der Waals surface area (Å²) in [6.45, 7) is 16.0. The smallest absolute Gasteiger partial charge is 0.404 e. The van der Waals surface area contributed by atoms with Crippen molar-refractivity contribution in [2.75, 3.05) is 0 Å². The van der Waals surface area contributed by atoms with Crippen LogP contribution in [0.1, 0.15) is 31.7 Å². The summed E-state index contributed by atoms with van der Waals surface area (Å²) in [5.41, 5.74) is 0.737. The van der Waals surface area contributed by atoms with Gasteiger partial charge >= 0.3 is 19.5 Å². The molecule has 1 aromatic rings. The second-order valence-electron chi connectivity index (χ2n) is 6.31. The SMILES string of the molecule is [CH2-]C.[CH2-][C@@H]1CCC[C@@]1(C#Cc1ccccc1)O[Si](C)(C)C.[Zn+2]. The quantitative estimate of drug-likeness (QED) is 0.402. The second kappa shape index (κ2) is 9.66. The van der Waals surface area contributed by atoms with Crippen molar-refractivity contribution in [3.05, 3.63) is 49.7 Å². The van der Waals surface area contributed by atoms with E-state index in [9.17, 15) is 0 Å². The fraction of sp³-hybridized carbons (Fsp3) is 0.474. The van der Waals surface area contributed by atoms with Crippen LogP contribution in [0, 0.1) is 31.6 Å². The van der Waals surface area contributed by atoms with Crippen LogP contribution >= 0.6 is 0 Å². The van der Waals surface area contributed by atoms with Gasteiger partial charge < -0.3 is 18.3 Å². The van der Waals surface area contributed by atoms with Gasteiger partial charge in [-0.15, -0.1) is 5.92 Å². The maximum absolute atomic E-state index is 6.42. The molecular formula is C19H28OSiZn. The molecule has 22 heavy (non-hydrogen) atoms. The molecule has 2 rings (SSSR count). The fourth-order valence-electron chi connectivity index (χ4n) is 2.62. The van der Waals surface area contributed by atoms with E-state index >= 15 is 0 Å². The molecule has 1 aliphatic carbocycles. The van der Waals surface area contributed by atoms with Crippen LogP contribution in [0.25, 0.3) is 0 Å². The van der Waals surface area contributed by atoms with E-state index in [1.807, 2.05) is 30.3 Å². The van der Waals surface area contributed by atoms with Crippen LogP contribution in [0.4, 0.5) is 0 Å². The Balaban J connectivity index is 0.00000141. The maximum Gasteiger partial charge on any atom is 2.00 e. The summed E-state index contributed by atoms with van der Waals surface area (Å²) in [7, 11) is -1.62. The van der Waals surface area contributed by atoms with Crippen molar-refractivity contribution in [3.63, 3.8) is 0 Å². The Bertz CT molecular complexity index is 484. The summed E-state index contributed by atoms with van der Waals surface area (Å²) in [5.74, 6) is 6.99. The minimum Gasteiger partial charge on any atom is -0.404 e. The topological polar surface area (TPSA) is 9.23 Å². The van der Waals surface area contributed by atoms with E-state index in [0.29, 0.717) is 0 Å². The van der Waals surface area contributed by atoms with E-state index in [1.54, 1.807) is 6.92 Å². The van der Waals surface area contributed by atoms with Crippen molar-refractivity contribution in [2.24, 2.45) is 5.92 Å². The minimum absolute atomic E-state index is 0. The molecule has 0 heterocycles. The van der Waals surface area contributed by atoms with Crippen LogP contribution in [-0.4, -0.2) is 13.9 Å². The first-order chi connectivity index (χ1) is 9.91. The van der Waals surface area contributed by atoms with E-state index in [-0.39, 0.29) is 31.0 Å². The summed E-state index contributed by atoms with van der Waals surface area (Å²) < 4.78 is 6.42. The van der Waals surface area contributed by atoms with E-state index in [4.69, 9.17) is 4.43 Å². The average Bonchev–Trinajstić information content (AvgIpc) is 2.79. The molecule has 0 N–H and O–H groups in total. The molecular weight excluding hydrogens is 338 g/mol. The first-order valence-corrected chi connectivity index (χ1v) is 11.1. The van der Waals surface area contributed by atoms with Crippen molar-refractivity contribution in [1.82, 2.24) is 0 Å². The van der Waals surface area contributed by atoms with Crippen molar-refractivity contribution in [1.29, 1.82) is 0 Å². The zero-order valence-corrected chi connectivity index (χ0v) is 18.6. The van der Waals surface area contributed by atoms with Gasteiger partial charge in [0, 0.05) is 5.56 Å². The zero-order chi connectivity index (χ0) is 15.9. The predicted molar refractivity (Wildman–Crippen MR) is 94.2 cm³/mol. The summed E-state index contributed by atoms with van der Waals surface area (Å²) in [5, 5.41) is 0. The molecule has 0 spiro atoms. The summed E-state index contributed by atoms with van der Waals surface area (Å²) in [6.07, 6.45) is 3.31. The maximum atomic E-state index is 6.42. The van der Waals surface area contributed by atoms with Crippen LogP contribution in [-0.2, 0) is 23.9 Å². The molecule has 1 aliphatic rings. The van der Waals surface area contributed by atoms with Crippen LogP contribution < -0.4 is 0 Å². The van der Waals surface area contributed by atoms with Gasteiger partial charge in [0.1, 0.15) is 0 Å². The van der Waals surface area contributed by atoms with E-state index in [2.05, 4.69) is 45.3 Å². The van der Waals surface area contributed by atoms with Crippen molar-refractivity contribution in [3.8, 4) is 11.8 Å². The van der Waals surface area contributed by atoms with Crippen molar-refractivity contribution >= 4 is 8.32 Å². The molecule has 3 heteroatoms. The Morgan fingerprint density at radius 1 is 1.18 bits per heavy atom. The van der Waals surface area contributed by atoms with Crippen LogP contribution in [0.2, 0.25) is 19.6 Å². The van der Waals surface area contributed by atoms with E-state index in [0.717, 1.165) is 18.4 Å². The molecule has 1 saturated carbocycles. The Hall–Kier alpha value is -0.420. The van der Waals surface area contributed by atoms with Crippen LogP contribution in [0.5, 0.6) is 0 Å². The number of hydrogen-bond acceptors (Lipinski definition) is 1. The molecule has 0 bridgehead atoms. The Kier molecular flexibility index (Phi) is 9.48. The van der Waals surface area contributed by atoms with Gasteiger partial charge in [0.25, 0.3) is 0 Å². The summed E-state index contributed by atoms with van der Waals surface area (Å²) >= 11 is 0. The number of hydrogen-bond donors (Lipinski definition) is 0. The molecule has 1 fully saturated rings. The molecule has 0 radical (unpaired) electrons. The molecule has 0 saturated heterocycles. The van der Waals surface area contributed by atoms with Gasteiger partial charge in [-0.05, 0) is 38.2 Å². The summed E-state index contributed by atoms with van der Waals surface area (Å²) in [4.78, 5) is 0. The molecule has 1 aromatic carbocycles. The number of benzene rings is 1. The monoisotopic (exact) mass is 364 g/mol. The molecule has 0 aromatic heterocycles. The van der Waals surface area contributed by atoms with Gasteiger partial charge in [0.05, 0.1) is 5.60 Å². The molecule has 0 aliphatic heterocycles. The first-order valence-electron chi connectivity index (χ1n) is 7.73. The Labute approximate surface area is 151 Å². The Morgan fingerprint density at radius 3 is 2.23 bits per heavy atom. The standard InChI is InChI=1S/C17H23OSi.C2H5.Zn/c1-15-9-8-13-17(15,18-19(2,3)4)14-12-16-10-6-5-7-11-16;1-2;/h5-7,10-11,15H,1,8-9,13H2,2-4H3;1H2,2H3;/q2*-1;+2/t15-,17+;;/m1../s1. The van der Waals surface area contributed by atoms with Gasteiger partial charge in [-0.2, -0.15) is 6.92 Å². The third kappa shape index (κ3) is 6.37. The molecule has 116 valence electrons. The average molecular weight is 366 g/mol. The zero-order valence-electron chi connectivity index (χ0n) is 14.6. The van der Waals surface area contributed by atoms with E-state index < -0.39 is 8.32 Å². The first kappa shape index (κ1) is 21.6. The van der Waals surface area contributed by atoms with E-state index in [1.165, 1.54) is 6.42 Å².